The molecule has 2 N–H and O–H groups in total. The molecular weight excluding hydrogens is 242 g/mol. The number of aliphatic hydroxyl groups excluding tert-OH is 1. The molecule has 0 saturated carbocycles. The molecular formula is C11H16BrNO. The van der Waals surface area contributed by atoms with Crippen molar-refractivity contribution in [3.8, 4) is 0 Å². The summed E-state index contributed by atoms with van der Waals surface area (Å²) in [4.78, 5) is 0. The lowest BCUT2D eigenvalue weighted by molar-refractivity contribution is 0.230. The first-order valence-corrected chi connectivity index (χ1v) is 5.66. The summed E-state index contributed by atoms with van der Waals surface area (Å²) in [6.45, 7) is 3.15. The first-order valence-electron chi connectivity index (χ1n) is 4.87. The van der Waals surface area contributed by atoms with Gasteiger partial charge in [0.25, 0.3) is 0 Å². The summed E-state index contributed by atoms with van der Waals surface area (Å²) in [5.74, 6) is 0.335. The van der Waals surface area contributed by atoms with E-state index in [9.17, 15) is 0 Å². The molecule has 2 nitrogen and oxygen atoms in total. The van der Waals surface area contributed by atoms with E-state index in [1.54, 1.807) is 0 Å². The molecule has 0 radical (unpaired) electrons. The maximum atomic E-state index is 9.02. The lowest BCUT2D eigenvalue weighted by atomic mass is 10.1. The molecule has 14 heavy (non-hydrogen) atoms. The van der Waals surface area contributed by atoms with Crippen molar-refractivity contribution in [2.75, 3.05) is 18.5 Å². The van der Waals surface area contributed by atoms with Crippen LogP contribution in [0.3, 0.4) is 0 Å². The second kappa shape index (κ2) is 6.04. The molecule has 1 rings (SSSR count). The van der Waals surface area contributed by atoms with Crippen LogP contribution in [0.5, 0.6) is 0 Å². The van der Waals surface area contributed by atoms with Gasteiger partial charge in [-0.2, -0.15) is 0 Å². The Hall–Kier alpha value is -0.540. The minimum absolute atomic E-state index is 0.244. The van der Waals surface area contributed by atoms with Crippen LogP contribution in [0.2, 0.25) is 0 Å². The zero-order valence-corrected chi connectivity index (χ0v) is 9.92. The number of hydrogen-bond donors (Lipinski definition) is 2. The molecule has 0 saturated heterocycles. The van der Waals surface area contributed by atoms with Gasteiger partial charge in [-0.1, -0.05) is 19.1 Å². The van der Waals surface area contributed by atoms with Gasteiger partial charge >= 0.3 is 0 Å². The van der Waals surface area contributed by atoms with Crippen LogP contribution < -0.4 is 5.32 Å². The number of nitrogens with one attached hydrogen (secondary N) is 1. The van der Waals surface area contributed by atoms with Gasteiger partial charge in [-0.3, -0.25) is 0 Å². The first kappa shape index (κ1) is 11.5. The van der Waals surface area contributed by atoms with Crippen molar-refractivity contribution >= 4 is 21.6 Å². The Morgan fingerprint density at radius 3 is 2.71 bits per heavy atom. The fraction of sp³-hybridized carbons (Fsp3) is 0.455. The van der Waals surface area contributed by atoms with Gasteiger partial charge in [-0.05, 0) is 40.4 Å². The van der Waals surface area contributed by atoms with Gasteiger partial charge in [0.1, 0.15) is 0 Å². The van der Waals surface area contributed by atoms with E-state index in [0.717, 1.165) is 23.1 Å². The van der Waals surface area contributed by atoms with Gasteiger partial charge in [0.15, 0.2) is 0 Å². The quantitative estimate of drug-likeness (QED) is 0.851. The Bertz CT molecular complexity index is 274. The normalized spacial score (nSPS) is 12.5. The van der Waals surface area contributed by atoms with Crippen LogP contribution in [0.25, 0.3) is 0 Å². The zero-order valence-electron chi connectivity index (χ0n) is 8.33. The third-order valence-electron chi connectivity index (χ3n) is 2.29. The number of anilines is 1. The molecule has 0 aliphatic rings. The van der Waals surface area contributed by atoms with E-state index in [1.165, 1.54) is 0 Å². The van der Waals surface area contributed by atoms with Gasteiger partial charge in [0.05, 0.1) is 0 Å². The second-order valence-corrected chi connectivity index (χ2v) is 4.17. The number of halogens is 1. The molecule has 0 heterocycles. The molecule has 0 aromatic heterocycles. The number of rotatable bonds is 5. The number of para-hydroxylation sites is 1. The zero-order chi connectivity index (χ0) is 10.4. The topological polar surface area (TPSA) is 32.3 Å². The average molecular weight is 258 g/mol. The van der Waals surface area contributed by atoms with Gasteiger partial charge in [0, 0.05) is 23.3 Å². The number of hydrogen-bond acceptors (Lipinski definition) is 2. The Morgan fingerprint density at radius 1 is 1.43 bits per heavy atom. The third-order valence-corrected chi connectivity index (χ3v) is 2.98. The molecule has 1 atom stereocenters. The average Bonchev–Trinajstić information content (AvgIpc) is 2.22. The molecule has 0 fully saturated rings. The maximum absolute atomic E-state index is 9.02. The van der Waals surface area contributed by atoms with Gasteiger partial charge in [-0.25, -0.2) is 0 Å². The first-order chi connectivity index (χ1) is 6.77. The SMILES string of the molecule is CCC(CO)CNc1ccccc1Br. The minimum atomic E-state index is 0.244. The summed E-state index contributed by atoms with van der Waals surface area (Å²) in [6, 6.07) is 8.00. The van der Waals surface area contributed by atoms with Gasteiger partial charge < -0.3 is 10.4 Å². The lowest BCUT2D eigenvalue weighted by Crippen LogP contribution is -2.17. The van der Waals surface area contributed by atoms with E-state index in [0.29, 0.717) is 5.92 Å². The minimum Gasteiger partial charge on any atom is -0.396 e. The lowest BCUT2D eigenvalue weighted by Gasteiger charge is -2.14. The smallest absolute Gasteiger partial charge is 0.0484 e. The van der Waals surface area contributed by atoms with Crippen molar-refractivity contribution in [2.24, 2.45) is 5.92 Å². The van der Waals surface area contributed by atoms with Crippen molar-refractivity contribution in [3.05, 3.63) is 28.7 Å². The summed E-state index contributed by atoms with van der Waals surface area (Å²) in [6.07, 6.45) is 0.994. The summed E-state index contributed by atoms with van der Waals surface area (Å²) in [7, 11) is 0. The largest absolute Gasteiger partial charge is 0.396 e. The van der Waals surface area contributed by atoms with E-state index in [-0.39, 0.29) is 6.61 Å². The van der Waals surface area contributed by atoms with Gasteiger partial charge in [-0.15, -0.1) is 0 Å². The Morgan fingerprint density at radius 2 is 2.14 bits per heavy atom. The molecule has 0 spiro atoms. The van der Waals surface area contributed by atoms with Crippen LogP contribution in [0.1, 0.15) is 13.3 Å². The summed E-state index contributed by atoms with van der Waals surface area (Å²) in [5, 5.41) is 12.3. The fourth-order valence-corrected chi connectivity index (χ4v) is 1.62. The highest BCUT2D eigenvalue weighted by Crippen LogP contribution is 2.21. The van der Waals surface area contributed by atoms with Crippen molar-refractivity contribution in [1.82, 2.24) is 0 Å². The van der Waals surface area contributed by atoms with Crippen molar-refractivity contribution in [1.29, 1.82) is 0 Å². The van der Waals surface area contributed by atoms with Crippen LogP contribution in [-0.2, 0) is 0 Å². The monoisotopic (exact) mass is 257 g/mol. The van der Waals surface area contributed by atoms with E-state index in [2.05, 4.69) is 28.2 Å². The second-order valence-electron chi connectivity index (χ2n) is 3.32. The molecule has 0 aliphatic heterocycles. The molecule has 3 heteroatoms. The predicted octanol–water partition coefficient (Wildman–Crippen LogP) is 2.88. The van der Waals surface area contributed by atoms with Crippen molar-refractivity contribution in [3.63, 3.8) is 0 Å². The highest BCUT2D eigenvalue weighted by molar-refractivity contribution is 9.10. The summed E-state index contributed by atoms with van der Waals surface area (Å²) < 4.78 is 1.06. The van der Waals surface area contributed by atoms with Crippen LogP contribution in [0.4, 0.5) is 5.69 Å². The molecule has 1 unspecified atom stereocenters. The molecule has 1 aromatic rings. The molecule has 0 bridgehead atoms. The van der Waals surface area contributed by atoms with Crippen molar-refractivity contribution in [2.45, 2.75) is 13.3 Å². The fourth-order valence-electron chi connectivity index (χ4n) is 1.20. The molecule has 78 valence electrons. The summed E-state index contributed by atoms with van der Waals surface area (Å²) >= 11 is 3.47. The van der Waals surface area contributed by atoms with Crippen LogP contribution in [0, 0.1) is 5.92 Å². The molecule has 1 aromatic carbocycles. The maximum Gasteiger partial charge on any atom is 0.0484 e. The number of benzene rings is 1. The summed E-state index contributed by atoms with van der Waals surface area (Å²) in [5.41, 5.74) is 1.08. The third kappa shape index (κ3) is 3.31. The molecule has 0 amide bonds. The Balaban J connectivity index is 2.49. The van der Waals surface area contributed by atoms with E-state index < -0.39 is 0 Å². The van der Waals surface area contributed by atoms with Crippen LogP contribution >= 0.6 is 15.9 Å². The molecule has 0 aliphatic carbocycles. The van der Waals surface area contributed by atoms with Crippen LogP contribution in [0.15, 0.2) is 28.7 Å². The van der Waals surface area contributed by atoms with E-state index in [1.807, 2.05) is 24.3 Å². The Kier molecular flexibility index (Phi) is 4.98. The van der Waals surface area contributed by atoms with E-state index in [4.69, 9.17) is 5.11 Å². The number of aliphatic hydroxyl groups is 1. The standard InChI is InChI=1S/C11H16BrNO/c1-2-9(8-14)7-13-11-6-4-3-5-10(11)12/h3-6,9,13-14H,2,7-8H2,1H3. The Labute approximate surface area is 93.5 Å². The van der Waals surface area contributed by atoms with Gasteiger partial charge in [0.2, 0.25) is 0 Å². The van der Waals surface area contributed by atoms with Crippen LogP contribution in [-0.4, -0.2) is 18.3 Å². The highest BCUT2D eigenvalue weighted by Gasteiger charge is 2.04. The van der Waals surface area contributed by atoms with E-state index >= 15 is 0 Å². The van der Waals surface area contributed by atoms with Crippen molar-refractivity contribution < 1.29 is 5.11 Å². The highest BCUT2D eigenvalue weighted by atomic mass is 79.9. The predicted molar refractivity (Wildman–Crippen MR) is 63.5 cm³/mol.